The third-order valence-electron chi connectivity index (χ3n) is 1.29. The minimum absolute atomic E-state index is 0.0895. The van der Waals surface area contributed by atoms with E-state index >= 15 is 0 Å². The number of halogens is 3. The minimum atomic E-state index is 0.0895. The average molecular weight is 232 g/mol. The number of unbranched alkanes of at least 4 members (excludes halogenated alkanes) is 4. The molecule has 3 heteroatoms. The Morgan fingerprint density at radius 1 is 1.00 bits per heavy atom. The maximum absolute atomic E-state index is 4.96. The van der Waals surface area contributed by atoms with Crippen LogP contribution in [0.2, 0.25) is 0 Å². The van der Waals surface area contributed by atoms with Crippen molar-refractivity contribution >= 4 is 34.8 Å². The molecule has 0 unspecified atom stereocenters. The first kappa shape index (κ1) is 15.1. The van der Waals surface area contributed by atoms with Gasteiger partial charge in [0, 0.05) is 5.54 Å². The van der Waals surface area contributed by atoms with Gasteiger partial charge in [-0.15, -0.1) is 0 Å². The number of rotatable bonds is 4. The highest BCUT2D eigenvalue weighted by Crippen LogP contribution is 2.05. The highest BCUT2D eigenvalue weighted by Gasteiger charge is 1.80. The molecule has 0 saturated heterocycles. The summed E-state index contributed by atoms with van der Waals surface area (Å²) in [6, 6.07) is 0. The Hall–Kier alpha value is 0.610. The topological polar surface area (TPSA) is 0 Å². The van der Waals surface area contributed by atoms with Crippen LogP contribution in [0, 0.1) is 0 Å². The molecule has 0 aromatic carbocycles. The molecule has 0 saturated carbocycles. The van der Waals surface area contributed by atoms with Crippen LogP contribution in [0.3, 0.4) is 0 Å². The van der Waals surface area contributed by atoms with Gasteiger partial charge in [0.2, 0.25) is 0 Å². The zero-order valence-corrected chi connectivity index (χ0v) is 10.0. The van der Waals surface area contributed by atoms with Gasteiger partial charge in [0.05, 0.1) is 0 Å². The molecule has 0 atom stereocenters. The molecule has 0 spiro atoms. The first-order chi connectivity index (χ1) is 5.68. The van der Waals surface area contributed by atoms with Gasteiger partial charge in [-0.1, -0.05) is 80.8 Å². The summed E-state index contributed by atoms with van der Waals surface area (Å²) in [6.07, 6.45) is 7.01. The van der Waals surface area contributed by atoms with E-state index in [4.69, 9.17) is 34.8 Å². The third kappa shape index (κ3) is 22.4. The highest BCUT2D eigenvalue weighted by atomic mass is 35.5. The second kappa shape index (κ2) is 14.2. The van der Waals surface area contributed by atoms with E-state index in [0.717, 1.165) is 5.54 Å². The Kier molecular flexibility index (Phi) is 17.8. The largest absolute Gasteiger partial charge is 0.118 e. The lowest BCUT2D eigenvalue weighted by molar-refractivity contribution is 0.656. The molecule has 0 aliphatic carbocycles. The standard InChI is InChI=1S/C7H16.C2HCl3/c1-3-5-7-6-4-2;3-1-2(4)5/h3-7H2,1-2H3;1H. The molecular weight excluding hydrogens is 214 g/mol. The molecule has 12 heavy (non-hydrogen) atoms. The Morgan fingerprint density at radius 3 is 1.50 bits per heavy atom. The molecule has 0 rings (SSSR count). The lowest BCUT2D eigenvalue weighted by Crippen LogP contribution is -1.70. The average Bonchev–Trinajstić information content (AvgIpc) is 2.07. The van der Waals surface area contributed by atoms with Crippen LogP contribution in [0.5, 0.6) is 0 Å². The van der Waals surface area contributed by atoms with Crippen LogP contribution < -0.4 is 0 Å². The second-order valence-electron chi connectivity index (χ2n) is 2.46. The van der Waals surface area contributed by atoms with Gasteiger partial charge >= 0.3 is 0 Å². The molecule has 0 aromatic heterocycles. The zero-order valence-electron chi connectivity index (χ0n) is 7.75. The normalized spacial score (nSPS) is 8.42. The van der Waals surface area contributed by atoms with E-state index in [1.54, 1.807) is 0 Å². The summed E-state index contributed by atoms with van der Waals surface area (Å²) in [7, 11) is 0. The van der Waals surface area contributed by atoms with E-state index < -0.39 is 0 Å². The summed E-state index contributed by atoms with van der Waals surface area (Å²) in [6.45, 7) is 4.49. The molecule has 0 N–H and O–H groups in total. The lowest BCUT2D eigenvalue weighted by atomic mass is 10.2. The van der Waals surface area contributed by atoms with Gasteiger partial charge in [0.15, 0.2) is 0 Å². The lowest BCUT2D eigenvalue weighted by Gasteiger charge is -1.90. The molecule has 0 bridgehead atoms. The van der Waals surface area contributed by atoms with Gasteiger partial charge in [-0.25, -0.2) is 0 Å². The predicted octanol–water partition coefficient (Wildman–Crippen LogP) is 5.48. The quantitative estimate of drug-likeness (QED) is 0.562. The molecule has 0 fully saturated rings. The second-order valence-corrected chi connectivity index (χ2v) is 3.69. The fourth-order valence-electron chi connectivity index (χ4n) is 0.677. The summed E-state index contributed by atoms with van der Waals surface area (Å²) in [5.74, 6) is 0. The van der Waals surface area contributed by atoms with Crippen LogP contribution in [0.25, 0.3) is 0 Å². The van der Waals surface area contributed by atoms with Crippen molar-refractivity contribution in [2.24, 2.45) is 0 Å². The maximum atomic E-state index is 4.96. The van der Waals surface area contributed by atoms with Crippen LogP contribution >= 0.6 is 34.8 Å². The molecule has 0 radical (unpaired) electrons. The Labute approximate surface area is 90.9 Å². The van der Waals surface area contributed by atoms with Gasteiger partial charge in [0.1, 0.15) is 4.49 Å². The van der Waals surface area contributed by atoms with E-state index in [0.29, 0.717) is 0 Å². The predicted molar refractivity (Wildman–Crippen MR) is 60.1 cm³/mol. The van der Waals surface area contributed by atoms with Gasteiger partial charge in [-0.05, 0) is 0 Å². The minimum Gasteiger partial charge on any atom is -0.0904 e. The summed E-state index contributed by atoms with van der Waals surface area (Å²) < 4.78 is 0.0895. The van der Waals surface area contributed by atoms with Crippen LogP contribution in [0.15, 0.2) is 10.0 Å². The number of hydrogen-bond acceptors (Lipinski definition) is 0. The first-order valence-corrected chi connectivity index (χ1v) is 5.49. The van der Waals surface area contributed by atoms with Gasteiger partial charge in [0.25, 0.3) is 0 Å². The Morgan fingerprint density at radius 2 is 1.33 bits per heavy atom. The van der Waals surface area contributed by atoms with Crippen molar-refractivity contribution in [1.29, 1.82) is 0 Å². The molecule has 0 aromatic rings. The summed E-state index contributed by atoms with van der Waals surface area (Å²) in [4.78, 5) is 0. The fourth-order valence-corrected chi connectivity index (χ4v) is 0.677. The van der Waals surface area contributed by atoms with Crippen molar-refractivity contribution in [3.8, 4) is 0 Å². The summed E-state index contributed by atoms with van der Waals surface area (Å²) >= 11 is 14.8. The van der Waals surface area contributed by atoms with Crippen molar-refractivity contribution < 1.29 is 0 Å². The molecule has 0 amide bonds. The van der Waals surface area contributed by atoms with Crippen molar-refractivity contribution in [2.45, 2.75) is 46.0 Å². The zero-order chi connectivity index (χ0) is 9.82. The maximum Gasteiger partial charge on any atom is 0.118 e. The third-order valence-corrected chi connectivity index (χ3v) is 1.95. The molecule has 0 nitrogen and oxygen atoms in total. The van der Waals surface area contributed by atoms with E-state index in [1.807, 2.05) is 0 Å². The Balaban J connectivity index is 0. The highest BCUT2D eigenvalue weighted by molar-refractivity contribution is 6.58. The molecule has 0 heterocycles. The van der Waals surface area contributed by atoms with E-state index in [2.05, 4.69) is 13.8 Å². The molecule has 0 aliphatic rings. The van der Waals surface area contributed by atoms with Gasteiger partial charge in [-0.3, -0.25) is 0 Å². The van der Waals surface area contributed by atoms with Crippen molar-refractivity contribution in [3.05, 3.63) is 10.0 Å². The monoisotopic (exact) mass is 230 g/mol. The van der Waals surface area contributed by atoms with Crippen molar-refractivity contribution in [1.82, 2.24) is 0 Å². The van der Waals surface area contributed by atoms with E-state index in [-0.39, 0.29) is 4.49 Å². The van der Waals surface area contributed by atoms with Gasteiger partial charge < -0.3 is 0 Å². The smallest absolute Gasteiger partial charge is 0.0904 e. The van der Waals surface area contributed by atoms with Crippen LogP contribution in [-0.4, -0.2) is 0 Å². The number of hydrogen-bond donors (Lipinski definition) is 0. The summed E-state index contributed by atoms with van der Waals surface area (Å²) in [5.41, 5.74) is 1.09. The van der Waals surface area contributed by atoms with Crippen LogP contribution in [0.4, 0.5) is 0 Å². The Bertz CT molecular complexity index is 91.9. The fraction of sp³-hybridized carbons (Fsp3) is 0.778. The van der Waals surface area contributed by atoms with Gasteiger partial charge in [-0.2, -0.15) is 0 Å². The van der Waals surface area contributed by atoms with E-state index in [9.17, 15) is 0 Å². The SMILES string of the molecule is CCCCCCC.ClC=C(Cl)Cl. The molecule has 74 valence electrons. The van der Waals surface area contributed by atoms with Crippen LogP contribution in [-0.2, 0) is 0 Å². The van der Waals surface area contributed by atoms with Crippen molar-refractivity contribution in [3.63, 3.8) is 0 Å². The van der Waals surface area contributed by atoms with Crippen LogP contribution in [0.1, 0.15) is 46.0 Å². The molecule has 0 aliphatic heterocycles. The van der Waals surface area contributed by atoms with E-state index in [1.165, 1.54) is 32.1 Å². The van der Waals surface area contributed by atoms with Crippen molar-refractivity contribution in [2.75, 3.05) is 0 Å². The molecular formula is C9H17Cl3. The first-order valence-electron chi connectivity index (χ1n) is 4.30. The summed E-state index contributed by atoms with van der Waals surface area (Å²) in [5, 5.41) is 0.